The Morgan fingerprint density at radius 2 is 1.62 bits per heavy atom. The van der Waals surface area contributed by atoms with Crippen molar-refractivity contribution in [1.82, 2.24) is 0 Å². The lowest BCUT2D eigenvalue weighted by Crippen LogP contribution is -2.23. The van der Waals surface area contributed by atoms with Gasteiger partial charge in [0.2, 0.25) is 5.78 Å². The molecule has 0 saturated heterocycles. The number of rotatable bonds is 3. The van der Waals surface area contributed by atoms with Crippen molar-refractivity contribution in [2.45, 2.75) is 19.0 Å². The molecule has 88 valence electrons. The molecule has 1 nitrogen and oxygen atoms in total. The number of ketones is 1. The summed E-state index contributed by atoms with van der Waals surface area (Å²) in [4.78, 5) is 10.5. The summed E-state index contributed by atoms with van der Waals surface area (Å²) in [5.41, 5.74) is -0.500. The van der Waals surface area contributed by atoms with Crippen LogP contribution in [0.2, 0.25) is 0 Å². The number of hydrogen-bond acceptors (Lipinski definition) is 1. The fourth-order valence-corrected chi connectivity index (χ4v) is 1.15. The van der Waals surface area contributed by atoms with E-state index in [-0.39, 0.29) is 0 Å². The van der Waals surface area contributed by atoms with Gasteiger partial charge < -0.3 is 0 Å². The number of carbonyl (C=O) groups excluding carboxylic acids is 1. The Hall–Kier alpha value is -1.46. The maximum absolute atomic E-state index is 13.0. The first kappa shape index (κ1) is 12.6. The van der Waals surface area contributed by atoms with E-state index in [0.29, 0.717) is 0 Å². The topological polar surface area (TPSA) is 17.1 Å². The van der Waals surface area contributed by atoms with Crippen LogP contribution in [0.1, 0.15) is 12.0 Å². The van der Waals surface area contributed by atoms with Gasteiger partial charge in [0, 0.05) is 12.0 Å². The van der Waals surface area contributed by atoms with Crippen molar-refractivity contribution in [2.75, 3.05) is 0 Å². The number of benzene rings is 1. The number of alkyl halides is 3. The summed E-state index contributed by atoms with van der Waals surface area (Å²) in [6, 6.07) is 2.95. The van der Waals surface area contributed by atoms with Crippen molar-refractivity contribution in [3.05, 3.63) is 35.4 Å². The van der Waals surface area contributed by atoms with Gasteiger partial charge in [0.25, 0.3) is 0 Å². The van der Waals surface area contributed by atoms with E-state index < -0.39 is 42.0 Å². The normalized spacial score (nSPS) is 11.6. The molecular weight excluding hydrogens is 231 g/mol. The maximum Gasteiger partial charge on any atom is 0.449 e. The molecule has 0 saturated carbocycles. The van der Waals surface area contributed by atoms with Crippen LogP contribution in [0.4, 0.5) is 22.0 Å². The second-order valence-corrected chi connectivity index (χ2v) is 3.12. The molecule has 0 fully saturated rings. The van der Waals surface area contributed by atoms with Crippen LogP contribution in [-0.4, -0.2) is 12.0 Å². The number of halogens is 5. The van der Waals surface area contributed by atoms with Crippen molar-refractivity contribution in [3.8, 4) is 0 Å². The quantitative estimate of drug-likeness (QED) is 0.740. The lowest BCUT2D eigenvalue weighted by atomic mass is 10.1. The molecule has 16 heavy (non-hydrogen) atoms. The summed E-state index contributed by atoms with van der Waals surface area (Å²) in [5.74, 6) is -3.89. The Balaban J connectivity index is 2.73. The highest BCUT2D eigenvalue weighted by Gasteiger charge is 2.37. The molecule has 0 aliphatic carbocycles. The van der Waals surface area contributed by atoms with E-state index in [1.165, 1.54) is 0 Å². The maximum atomic E-state index is 13.0. The highest BCUT2D eigenvalue weighted by molar-refractivity contribution is 5.84. The highest BCUT2D eigenvalue weighted by Crippen LogP contribution is 2.21. The van der Waals surface area contributed by atoms with Crippen LogP contribution in [0.5, 0.6) is 0 Å². The Bertz CT molecular complexity index is 376. The highest BCUT2D eigenvalue weighted by atomic mass is 19.4. The van der Waals surface area contributed by atoms with E-state index in [9.17, 15) is 26.7 Å². The summed E-state index contributed by atoms with van der Waals surface area (Å²) in [7, 11) is 0. The van der Waals surface area contributed by atoms with Gasteiger partial charge in [0.1, 0.15) is 11.6 Å². The third kappa shape index (κ3) is 3.01. The zero-order valence-corrected chi connectivity index (χ0v) is 7.94. The first-order valence-electron chi connectivity index (χ1n) is 4.35. The molecular formula is C10H7F5O. The molecule has 0 radical (unpaired) electrons. The molecule has 6 heteroatoms. The molecule has 0 unspecified atom stereocenters. The van der Waals surface area contributed by atoms with Gasteiger partial charge in [0.05, 0.1) is 0 Å². The summed E-state index contributed by atoms with van der Waals surface area (Å²) in [6.07, 6.45) is -6.51. The number of carbonyl (C=O) groups is 1. The minimum atomic E-state index is -4.96. The first-order chi connectivity index (χ1) is 7.32. The molecule has 0 aliphatic heterocycles. The third-order valence-corrected chi connectivity index (χ3v) is 1.98. The van der Waals surface area contributed by atoms with Crippen molar-refractivity contribution >= 4 is 5.78 Å². The van der Waals surface area contributed by atoms with E-state index in [1.807, 2.05) is 0 Å². The molecule has 0 amide bonds. The van der Waals surface area contributed by atoms with Crippen molar-refractivity contribution < 1.29 is 26.7 Å². The van der Waals surface area contributed by atoms with Crippen LogP contribution in [-0.2, 0) is 11.2 Å². The molecule has 0 atom stereocenters. The lowest BCUT2D eigenvalue weighted by Gasteiger charge is -2.06. The molecule has 1 aromatic carbocycles. The molecule has 0 heterocycles. The van der Waals surface area contributed by atoms with Gasteiger partial charge in [0.15, 0.2) is 0 Å². The minimum Gasteiger partial charge on any atom is -0.290 e. The summed E-state index contributed by atoms with van der Waals surface area (Å²) < 4.78 is 61.4. The number of Topliss-reactive ketones (excluding diaryl/α,β-unsaturated/α-hetero) is 1. The van der Waals surface area contributed by atoms with E-state index in [0.717, 1.165) is 18.2 Å². The predicted octanol–water partition coefficient (Wildman–Crippen LogP) is 3.03. The minimum absolute atomic E-state index is 0.500. The van der Waals surface area contributed by atoms with Gasteiger partial charge in [-0.1, -0.05) is 6.07 Å². The van der Waals surface area contributed by atoms with Crippen molar-refractivity contribution in [2.24, 2.45) is 0 Å². The van der Waals surface area contributed by atoms with Gasteiger partial charge in [-0.25, -0.2) is 8.78 Å². The smallest absolute Gasteiger partial charge is 0.290 e. The van der Waals surface area contributed by atoms with Gasteiger partial charge in [-0.2, -0.15) is 13.2 Å². The predicted molar refractivity (Wildman–Crippen MR) is 45.7 cm³/mol. The SMILES string of the molecule is O=C(CCc1c(F)cccc1F)C(F)(F)F. The second kappa shape index (κ2) is 4.59. The van der Waals surface area contributed by atoms with Crippen LogP contribution in [0, 0.1) is 11.6 Å². The van der Waals surface area contributed by atoms with Crippen LogP contribution < -0.4 is 0 Å². The standard InChI is InChI=1S/C10H7F5O/c11-7-2-1-3-8(12)6(7)4-5-9(16)10(13,14)15/h1-3H,4-5H2. The zero-order valence-electron chi connectivity index (χ0n) is 7.94. The molecule has 1 rings (SSSR count). The average molecular weight is 238 g/mol. The molecule has 0 aliphatic rings. The van der Waals surface area contributed by atoms with Crippen LogP contribution in [0.3, 0.4) is 0 Å². The Morgan fingerprint density at radius 1 is 1.12 bits per heavy atom. The van der Waals surface area contributed by atoms with Crippen molar-refractivity contribution in [1.29, 1.82) is 0 Å². The van der Waals surface area contributed by atoms with Crippen LogP contribution in [0.25, 0.3) is 0 Å². The monoisotopic (exact) mass is 238 g/mol. The van der Waals surface area contributed by atoms with E-state index in [2.05, 4.69) is 0 Å². The van der Waals surface area contributed by atoms with Crippen molar-refractivity contribution in [3.63, 3.8) is 0 Å². The van der Waals surface area contributed by atoms with Crippen LogP contribution in [0.15, 0.2) is 18.2 Å². The van der Waals surface area contributed by atoms with Gasteiger partial charge in [-0.15, -0.1) is 0 Å². The number of hydrogen-bond donors (Lipinski definition) is 0. The molecule has 0 spiro atoms. The first-order valence-corrected chi connectivity index (χ1v) is 4.35. The summed E-state index contributed by atoms with van der Waals surface area (Å²) in [5, 5.41) is 0. The van der Waals surface area contributed by atoms with Gasteiger partial charge in [-0.05, 0) is 18.6 Å². The fourth-order valence-electron chi connectivity index (χ4n) is 1.15. The van der Waals surface area contributed by atoms with E-state index in [4.69, 9.17) is 0 Å². The average Bonchev–Trinajstić information content (AvgIpc) is 2.15. The Morgan fingerprint density at radius 3 is 2.06 bits per heavy atom. The summed E-state index contributed by atoms with van der Waals surface area (Å²) >= 11 is 0. The van der Waals surface area contributed by atoms with E-state index >= 15 is 0 Å². The Labute approximate surface area is 87.9 Å². The zero-order chi connectivity index (χ0) is 12.3. The van der Waals surface area contributed by atoms with Gasteiger partial charge in [-0.3, -0.25) is 4.79 Å². The fraction of sp³-hybridized carbons (Fsp3) is 0.300. The lowest BCUT2D eigenvalue weighted by molar-refractivity contribution is -0.171. The molecule has 1 aromatic rings. The van der Waals surface area contributed by atoms with Gasteiger partial charge >= 0.3 is 6.18 Å². The second-order valence-electron chi connectivity index (χ2n) is 3.12. The van der Waals surface area contributed by atoms with E-state index in [1.54, 1.807) is 0 Å². The molecule has 0 N–H and O–H groups in total. The molecule has 0 bridgehead atoms. The molecule has 0 aromatic heterocycles. The largest absolute Gasteiger partial charge is 0.449 e. The third-order valence-electron chi connectivity index (χ3n) is 1.98. The Kier molecular flexibility index (Phi) is 3.62. The van der Waals surface area contributed by atoms with Crippen LogP contribution >= 0.6 is 0 Å². The summed E-state index contributed by atoms with van der Waals surface area (Å²) in [6.45, 7) is 0.